The van der Waals surface area contributed by atoms with Gasteiger partial charge in [-0.3, -0.25) is 4.79 Å². The molecule has 0 aliphatic carbocycles. The molecule has 0 fully saturated rings. The maximum atomic E-state index is 11.7. The number of carbonyl (C=O) groups excluding carboxylic acids is 1. The molecule has 5 N–H and O–H groups in total. The van der Waals surface area contributed by atoms with Gasteiger partial charge in [0.05, 0.1) is 24.2 Å². The van der Waals surface area contributed by atoms with Crippen LogP contribution in [0, 0.1) is 11.3 Å². The summed E-state index contributed by atoms with van der Waals surface area (Å²) in [5, 5.41) is 28.2. The molecule has 0 radical (unpaired) electrons. The predicted molar refractivity (Wildman–Crippen MR) is 71.0 cm³/mol. The Balaban J connectivity index is 5.22. The Morgan fingerprint density at radius 1 is 1.26 bits per heavy atom. The number of aliphatic hydroxyl groups excluding tert-OH is 2. The van der Waals surface area contributed by atoms with Crippen LogP contribution < -0.4 is 5.73 Å². The number of nitrogens with two attached hydrogens (primary N) is 1. The molecular formula is C13H27NO5. The van der Waals surface area contributed by atoms with Gasteiger partial charge in [-0.25, -0.2) is 0 Å². The van der Waals surface area contributed by atoms with Gasteiger partial charge in [0.2, 0.25) is 5.91 Å². The summed E-state index contributed by atoms with van der Waals surface area (Å²) in [5.41, 5.74) is 3.84. The van der Waals surface area contributed by atoms with Crippen molar-refractivity contribution in [2.24, 2.45) is 17.1 Å². The summed E-state index contributed by atoms with van der Waals surface area (Å²) in [7, 11) is 0. The van der Waals surface area contributed by atoms with Gasteiger partial charge in [0.25, 0.3) is 0 Å². The van der Waals surface area contributed by atoms with Crippen molar-refractivity contribution >= 4 is 5.91 Å². The van der Waals surface area contributed by atoms with Gasteiger partial charge in [0, 0.05) is 6.42 Å². The first-order valence-electron chi connectivity index (χ1n) is 6.34. The van der Waals surface area contributed by atoms with Gasteiger partial charge < -0.3 is 25.8 Å². The minimum absolute atomic E-state index is 0.120. The highest BCUT2D eigenvalue weighted by molar-refractivity contribution is 5.78. The number of ether oxygens (including phenoxy) is 1. The highest BCUT2D eigenvalue weighted by Crippen LogP contribution is 2.34. The van der Waals surface area contributed by atoms with E-state index < -0.39 is 41.8 Å². The van der Waals surface area contributed by atoms with Crippen LogP contribution in [0.25, 0.3) is 0 Å². The lowest BCUT2D eigenvalue weighted by atomic mass is 9.74. The summed E-state index contributed by atoms with van der Waals surface area (Å²) in [6.45, 7) is 8.06. The standard InChI is InChI=1S/C13H27NO5/c1-12(2,3)10(11(14)17)8(6-13(4,5)18)19-9(16)7-15/h8-10,15-16,18H,6-7H2,1-5H3,(H2,14,17)/t8?,9-,10?/m1/s1. The molecule has 0 aliphatic heterocycles. The van der Waals surface area contributed by atoms with E-state index in [4.69, 9.17) is 15.6 Å². The number of aliphatic hydroxyl groups is 3. The zero-order chi connectivity index (χ0) is 15.4. The molecule has 19 heavy (non-hydrogen) atoms. The molecule has 3 atom stereocenters. The third-order valence-corrected chi connectivity index (χ3v) is 2.80. The van der Waals surface area contributed by atoms with Crippen LogP contribution in [-0.2, 0) is 9.53 Å². The Morgan fingerprint density at radius 3 is 2.00 bits per heavy atom. The van der Waals surface area contributed by atoms with Crippen molar-refractivity contribution in [1.82, 2.24) is 0 Å². The molecule has 0 rings (SSSR count). The van der Waals surface area contributed by atoms with E-state index in [1.165, 1.54) is 0 Å². The van der Waals surface area contributed by atoms with Crippen molar-refractivity contribution in [1.29, 1.82) is 0 Å². The van der Waals surface area contributed by atoms with Crippen molar-refractivity contribution in [3.05, 3.63) is 0 Å². The Labute approximate surface area is 114 Å². The number of hydrogen-bond donors (Lipinski definition) is 4. The molecular weight excluding hydrogens is 250 g/mol. The maximum Gasteiger partial charge on any atom is 0.223 e. The second kappa shape index (κ2) is 6.65. The fourth-order valence-electron chi connectivity index (χ4n) is 2.15. The quantitative estimate of drug-likeness (QED) is 0.489. The van der Waals surface area contributed by atoms with E-state index in [1.807, 2.05) is 20.8 Å². The van der Waals surface area contributed by atoms with E-state index in [9.17, 15) is 15.0 Å². The second-order valence-electron chi connectivity index (χ2n) is 6.57. The molecule has 114 valence electrons. The van der Waals surface area contributed by atoms with Gasteiger partial charge in [-0.15, -0.1) is 0 Å². The molecule has 0 saturated heterocycles. The molecule has 0 aliphatic rings. The van der Waals surface area contributed by atoms with Crippen LogP contribution >= 0.6 is 0 Å². The van der Waals surface area contributed by atoms with Crippen LogP contribution in [0.2, 0.25) is 0 Å². The molecule has 6 heteroatoms. The minimum Gasteiger partial charge on any atom is -0.391 e. The SMILES string of the molecule is CC(C)(O)CC(O[C@@H](O)CO)C(C(N)=O)C(C)(C)C. The summed E-state index contributed by atoms with van der Waals surface area (Å²) in [6.07, 6.45) is -2.06. The first-order valence-corrected chi connectivity index (χ1v) is 6.34. The van der Waals surface area contributed by atoms with E-state index in [0.29, 0.717) is 0 Å². The number of primary amides is 1. The molecule has 0 heterocycles. The van der Waals surface area contributed by atoms with Crippen molar-refractivity contribution < 1.29 is 24.9 Å². The number of hydrogen-bond acceptors (Lipinski definition) is 5. The number of carbonyl (C=O) groups is 1. The highest BCUT2D eigenvalue weighted by Gasteiger charge is 2.40. The molecule has 0 spiro atoms. The lowest BCUT2D eigenvalue weighted by Gasteiger charge is -2.37. The average Bonchev–Trinajstić information content (AvgIpc) is 2.11. The van der Waals surface area contributed by atoms with Crippen LogP contribution in [0.4, 0.5) is 0 Å². The monoisotopic (exact) mass is 277 g/mol. The van der Waals surface area contributed by atoms with Gasteiger partial charge in [0.15, 0.2) is 6.29 Å². The molecule has 0 aromatic heterocycles. The predicted octanol–water partition coefficient (Wildman–Crippen LogP) is -0.00910. The van der Waals surface area contributed by atoms with E-state index in [1.54, 1.807) is 13.8 Å². The Kier molecular flexibility index (Phi) is 6.41. The second-order valence-corrected chi connectivity index (χ2v) is 6.57. The van der Waals surface area contributed by atoms with Gasteiger partial charge in [-0.1, -0.05) is 20.8 Å². The topological polar surface area (TPSA) is 113 Å². The van der Waals surface area contributed by atoms with Gasteiger partial charge in [0.1, 0.15) is 0 Å². The van der Waals surface area contributed by atoms with Crippen molar-refractivity contribution in [3.63, 3.8) is 0 Å². The lowest BCUT2D eigenvalue weighted by molar-refractivity contribution is -0.191. The molecule has 6 nitrogen and oxygen atoms in total. The van der Waals surface area contributed by atoms with Crippen LogP contribution in [0.1, 0.15) is 41.0 Å². The fourth-order valence-corrected chi connectivity index (χ4v) is 2.15. The zero-order valence-corrected chi connectivity index (χ0v) is 12.4. The summed E-state index contributed by atoms with van der Waals surface area (Å²) < 4.78 is 5.27. The first-order chi connectivity index (χ1) is 8.38. The van der Waals surface area contributed by atoms with Crippen molar-refractivity contribution in [2.75, 3.05) is 6.61 Å². The lowest BCUT2D eigenvalue weighted by Crippen LogP contribution is -2.47. The van der Waals surface area contributed by atoms with Crippen molar-refractivity contribution in [2.45, 2.75) is 59.0 Å². The minimum atomic E-state index is -1.41. The van der Waals surface area contributed by atoms with Crippen LogP contribution in [0.3, 0.4) is 0 Å². The maximum absolute atomic E-state index is 11.7. The molecule has 0 aromatic rings. The van der Waals surface area contributed by atoms with Gasteiger partial charge in [-0.05, 0) is 19.3 Å². The van der Waals surface area contributed by atoms with Crippen LogP contribution in [-0.4, -0.2) is 45.8 Å². The molecule has 0 saturated carbocycles. The van der Waals surface area contributed by atoms with E-state index in [0.717, 1.165) is 0 Å². The number of rotatable bonds is 7. The molecule has 2 unspecified atom stereocenters. The Morgan fingerprint density at radius 2 is 1.74 bits per heavy atom. The molecule has 0 bridgehead atoms. The summed E-state index contributed by atoms with van der Waals surface area (Å²) >= 11 is 0. The smallest absolute Gasteiger partial charge is 0.223 e. The normalized spacial score (nSPS) is 17.9. The van der Waals surface area contributed by atoms with E-state index in [-0.39, 0.29) is 6.42 Å². The zero-order valence-electron chi connectivity index (χ0n) is 12.4. The summed E-state index contributed by atoms with van der Waals surface area (Å²) in [6, 6.07) is 0. The number of amides is 1. The summed E-state index contributed by atoms with van der Waals surface area (Å²) in [4.78, 5) is 11.7. The third kappa shape index (κ3) is 6.87. The first kappa shape index (κ1) is 18.3. The average molecular weight is 277 g/mol. The fraction of sp³-hybridized carbons (Fsp3) is 0.923. The Hall–Kier alpha value is -0.690. The van der Waals surface area contributed by atoms with Gasteiger partial charge >= 0.3 is 0 Å². The van der Waals surface area contributed by atoms with Crippen molar-refractivity contribution in [3.8, 4) is 0 Å². The molecule has 0 aromatic carbocycles. The molecule has 1 amide bonds. The van der Waals surface area contributed by atoms with Crippen LogP contribution in [0.5, 0.6) is 0 Å². The van der Waals surface area contributed by atoms with E-state index in [2.05, 4.69) is 0 Å². The highest BCUT2D eigenvalue weighted by atomic mass is 16.6. The van der Waals surface area contributed by atoms with Crippen LogP contribution in [0.15, 0.2) is 0 Å². The summed E-state index contributed by atoms with van der Waals surface area (Å²) in [5.74, 6) is -1.26. The Bertz CT molecular complexity index is 292. The van der Waals surface area contributed by atoms with Gasteiger partial charge in [-0.2, -0.15) is 0 Å². The largest absolute Gasteiger partial charge is 0.391 e. The third-order valence-electron chi connectivity index (χ3n) is 2.80. The van der Waals surface area contributed by atoms with E-state index >= 15 is 0 Å².